The predicted octanol–water partition coefficient (Wildman–Crippen LogP) is 4.10. The highest BCUT2D eigenvalue weighted by atomic mass is 16.5. The van der Waals surface area contributed by atoms with E-state index in [4.69, 9.17) is 4.74 Å². The van der Waals surface area contributed by atoms with Gasteiger partial charge in [0.05, 0.1) is 6.61 Å². The zero-order chi connectivity index (χ0) is 10.7. The molecule has 2 aromatic carbocycles. The number of ether oxygens (including phenoxy) is 1. The van der Waals surface area contributed by atoms with Crippen molar-refractivity contribution in [3.8, 4) is 5.75 Å². The van der Waals surface area contributed by atoms with E-state index in [0.717, 1.165) is 18.8 Å². The summed E-state index contributed by atoms with van der Waals surface area (Å²) in [6.07, 6.45) is 1.04. The van der Waals surface area contributed by atoms with Crippen LogP contribution in [0.2, 0.25) is 0 Å². The van der Waals surface area contributed by atoms with Crippen molar-refractivity contribution >= 4 is 10.8 Å². The van der Waals surface area contributed by atoms with Crippen LogP contribution in [0.15, 0.2) is 36.4 Å². The lowest BCUT2D eigenvalue weighted by Crippen LogP contribution is -1.95. The molecule has 2 heteroatoms. The molecule has 16 heavy (non-hydrogen) atoms. The summed E-state index contributed by atoms with van der Waals surface area (Å²) in [6.45, 7) is 5.01. The zero-order valence-electron chi connectivity index (χ0n) is 9.99. The molecule has 0 fully saturated rings. The number of hydrogen-bond acceptors (Lipinski definition) is 2. The normalized spacial score (nSPS) is 9.88. The van der Waals surface area contributed by atoms with Gasteiger partial charge in [0, 0.05) is 5.39 Å². The summed E-state index contributed by atoms with van der Waals surface area (Å²) in [5, 5.41) is 2.46. The summed E-state index contributed by atoms with van der Waals surface area (Å²) in [5.41, 5.74) is 1.27. The van der Waals surface area contributed by atoms with Gasteiger partial charge in [-0.1, -0.05) is 36.8 Å². The highest BCUT2D eigenvalue weighted by Gasteiger charge is 2.01. The minimum atomic E-state index is 0. The standard InChI is InChI=1S/C14H16O.H3N/c1-3-9-15-14-6-4-5-12-8-7-11(2)10-13(12)14;/h4-8,10H,3,9H2,1-2H3;1H3. The van der Waals surface area contributed by atoms with Gasteiger partial charge in [0.2, 0.25) is 0 Å². The molecular weight excluding hydrogens is 198 g/mol. The Morgan fingerprint density at radius 1 is 1.12 bits per heavy atom. The lowest BCUT2D eigenvalue weighted by molar-refractivity contribution is 0.321. The van der Waals surface area contributed by atoms with Gasteiger partial charge >= 0.3 is 0 Å². The molecule has 2 rings (SSSR count). The van der Waals surface area contributed by atoms with Gasteiger partial charge in [-0.2, -0.15) is 0 Å². The van der Waals surface area contributed by atoms with Crippen LogP contribution < -0.4 is 10.9 Å². The molecule has 0 aliphatic heterocycles. The van der Waals surface area contributed by atoms with Gasteiger partial charge in [0.25, 0.3) is 0 Å². The monoisotopic (exact) mass is 217 g/mol. The molecule has 0 unspecified atom stereocenters. The zero-order valence-corrected chi connectivity index (χ0v) is 9.99. The number of benzene rings is 2. The second kappa shape index (κ2) is 5.52. The molecular formula is C14H19NO. The third-order valence-electron chi connectivity index (χ3n) is 2.46. The van der Waals surface area contributed by atoms with Crippen LogP contribution in [0.1, 0.15) is 18.9 Å². The SMILES string of the molecule is CCCOc1cccc2ccc(C)cc12.N. The Morgan fingerprint density at radius 2 is 1.94 bits per heavy atom. The highest BCUT2D eigenvalue weighted by Crippen LogP contribution is 2.26. The molecule has 2 nitrogen and oxygen atoms in total. The van der Waals surface area contributed by atoms with E-state index in [1.165, 1.54) is 16.3 Å². The highest BCUT2D eigenvalue weighted by molar-refractivity contribution is 5.88. The van der Waals surface area contributed by atoms with E-state index in [-0.39, 0.29) is 6.15 Å². The molecule has 0 heterocycles. The smallest absolute Gasteiger partial charge is 0.127 e. The maximum atomic E-state index is 5.72. The summed E-state index contributed by atoms with van der Waals surface area (Å²) in [5.74, 6) is 0.998. The number of fused-ring (bicyclic) bond motifs is 1. The second-order valence-electron chi connectivity index (χ2n) is 3.83. The van der Waals surface area contributed by atoms with E-state index < -0.39 is 0 Å². The van der Waals surface area contributed by atoms with Gasteiger partial charge in [-0.25, -0.2) is 0 Å². The van der Waals surface area contributed by atoms with Crippen LogP contribution in [0, 0.1) is 6.92 Å². The van der Waals surface area contributed by atoms with Crippen LogP contribution >= 0.6 is 0 Å². The van der Waals surface area contributed by atoms with Gasteiger partial charge in [-0.15, -0.1) is 0 Å². The third kappa shape index (κ3) is 2.52. The summed E-state index contributed by atoms with van der Waals surface area (Å²) in [6, 6.07) is 12.7. The van der Waals surface area contributed by atoms with Gasteiger partial charge in [-0.3, -0.25) is 0 Å². The lowest BCUT2D eigenvalue weighted by Gasteiger charge is -2.08. The molecule has 0 aliphatic carbocycles. The quantitative estimate of drug-likeness (QED) is 0.841. The van der Waals surface area contributed by atoms with Crippen molar-refractivity contribution in [3.05, 3.63) is 42.0 Å². The molecule has 0 saturated heterocycles. The number of aryl methyl sites for hydroxylation is 1. The maximum Gasteiger partial charge on any atom is 0.127 e. The van der Waals surface area contributed by atoms with Crippen molar-refractivity contribution < 1.29 is 4.74 Å². The molecule has 3 N–H and O–H groups in total. The van der Waals surface area contributed by atoms with Crippen molar-refractivity contribution in [1.29, 1.82) is 0 Å². The van der Waals surface area contributed by atoms with E-state index in [9.17, 15) is 0 Å². The molecule has 0 atom stereocenters. The Balaban J connectivity index is 0.00000128. The molecule has 0 saturated carbocycles. The largest absolute Gasteiger partial charge is 0.493 e. The van der Waals surface area contributed by atoms with E-state index >= 15 is 0 Å². The Morgan fingerprint density at radius 3 is 2.69 bits per heavy atom. The third-order valence-corrected chi connectivity index (χ3v) is 2.46. The Bertz CT molecular complexity index is 465. The van der Waals surface area contributed by atoms with E-state index in [0.29, 0.717) is 0 Å². The summed E-state index contributed by atoms with van der Waals surface area (Å²) >= 11 is 0. The molecule has 86 valence electrons. The number of rotatable bonds is 3. The van der Waals surface area contributed by atoms with Crippen molar-refractivity contribution in [1.82, 2.24) is 6.15 Å². The predicted molar refractivity (Wildman–Crippen MR) is 69.5 cm³/mol. The van der Waals surface area contributed by atoms with E-state index in [1.807, 2.05) is 12.1 Å². The van der Waals surface area contributed by atoms with Crippen molar-refractivity contribution in [2.75, 3.05) is 6.61 Å². The van der Waals surface area contributed by atoms with Crippen LogP contribution in [-0.2, 0) is 0 Å². The minimum Gasteiger partial charge on any atom is -0.493 e. The molecule has 2 aromatic rings. The topological polar surface area (TPSA) is 44.2 Å². The van der Waals surface area contributed by atoms with Gasteiger partial charge < -0.3 is 10.9 Å². The molecule has 0 aromatic heterocycles. The molecule has 0 aliphatic rings. The lowest BCUT2D eigenvalue weighted by atomic mass is 10.1. The van der Waals surface area contributed by atoms with Crippen LogP contribution in [0.3, 0.4) is 0 Å². The maximum absolute atomic E-state index is 5.72. The van der Waals surface area contributed by atoms with Gasteiger partial charge in [0.1, 0.15) is 5.75 Å². The fourth-order valence-corrected chi connectivity index (χ4v) is 1.70. The first-order valence-corrected chi connectivity index (χ1v) is 5.43. The van der Waals surface area contributed by atoms with Crippen molar-refractivity contribution in [3.63, 3.8) is 0 Å². The summed E-state index contributed by atoms with van der Waals surface area (Å²) < 4.78 is 5.72. The Kier molecular flexibility index (Phi) is 4.32. The van der Waals surface area contributed by atoms with Crippen molar-refractivity contribution in [2.24, 2.45) is 0 Å². The molecule has 0 spiro atoms. The first-order valence-electron chi connectivity index (χ1n) is 5.43. The van der Waals surface area contributed by atoms with E-state index in [1.54, 1.807) is 0 Å². The second-order valence-corrected chi connectivity index (χ2v) is 3.83. The molecule has 0 amide bonds. The van der Waals surface area contributed by atoms with Crippen molar-refractivity contribution in [2.45, 2.75) is 20.3 Å². The average Bonchev–Trinajstić information content (AvgIpc) is 2.26. The van der Waals surface area contributed by atoms with Gasteiger partial charge in [0.15, 0.2) is 0 Å². The van der Waals surface area contributed by atoms with Crippen LogP contribution in [0.5, 0.6) is 5.75 Å². The Labute approximate surface area is 96.8 Å². The Hall–Kier alpha value is -1.54. The fraction of sp³-hybridized carbons (Fsp3) is 0.286. The van der Waals surface area contributed by atoms with Crippen LogP contribution in [-0.4, -0.2) is 6.61 Å². The van der Waals surface area contributed by atoms with Crippen LogP contribution in [0.4, 0.5) is 0 Å². The first kappa shape index (κ1) is 12.5. The fourth-order valence-electron chi connectivity index (χ4n) is 1.70. The van der Waals surface area contributed by atoms with Gasteiger partial charge in [-0.05, 0) is 30.9 Å². The molecule has 0 bridgehead atoms. The molecule has 0 radical (unpaired) electrons. The average molecular weight is 217 g/mol. The first-order chi connectivity index (χ1) is 7.31. The minimum absolute atomic E-state index is 0. The summed E-state index contributed by atoms with van der Waals surface area (Å²) in [4.78, 5) is 0. The summed E-state index contributed by atoms with van der Waals surface area (Å²) in [7, 11) is 0. The number of hydrogen-bond donors (Lipinski definition) is 1. The van der Waals surface area contributed by atoms with Crippen LogP contribution in [0.25, 0.3) is 10.8 Å². The van der Waals surface area contributed by atoms with E-state index in [2.05, 4.69) is 38.1 Å².